The Hall–Kier alpha value is -1.48. The van der Waals surface area contributed by atoms with Crippen molar-refractivity contribution in [2.45, 2.75) is 19.5 Å². The van der Waals surface area contributed by atoms with Crippen LogP contribution >= 0.6 is 0 Å². The fourth-order valence-electron chi connectivity index (χ4n) is 1.61. The van der Waals surface area contributed by atoms with Gasteiger partial charge in [0.1, 0.15) is 5.75 Å². The maximum absolute atomic E-state index is 8.39. The quantitative estimate of drug-likeness (QED) is 0.817. The summed E-state index contributed by atoms with van der Waals surface area (Å²) < 4.78 is 66.9. The Kier molecular flexibility index (Phi) is 1.54. The van der Waals surface area contributed by atoms with Gasteiger partial charge in [-0.15, -0.1) is 0 Å². The molecule has 0 spiro atoms. The zero-order chi connectivity index (χ0) is 19.2. The SMILES string of the molecule is [2H]C(n1ccc2cc(OC([2H])([2H])[2H])ccc21)[C@@]([2H])(C)N(C)C([2H])([2H])[2H]. The van der Waals surface area contributed by atoms with E-state index in [2.05, 4.69) is 0 Å². The minimum absolute atomic E-state index is 0.167. The van der Waals surface area contributed by atoms with Crippen LogP contribution in [0.4, 0.5) is 0 Å². The fourth-order valence-corrected chi connectivity index (χ4v) is 1.61. The molecule has 1 heterocycles. The number of rotatable bonds is 4. The van der Waals surface area contributed by atoms with Crippen LogP contribution in [0.3, 0.4) is 0 Å². The molecule has 0 saturated carbocycles. The van der Waals surface area contributed by atoms with Gasteiger partial charge in [0.2, 0.25) is 0 Å². The van der Waals surface area contributed by atoms with Crippen molar-refractivity contribution in [3.63, 3.8) is 0 Å². The molecular weight excluding hydrogens is 212 g/mol. The third-order valence-corrected chi connectivity index (χ3v) is 2.66. The summed E-state index contributed by atoms with van der Waals surface area (Å²) in [4.78, 5) is 0.871. The van der Waals surface area contributed by atoms with Crippen molar-refractivity contribution in [2.24, 2.45) is 0 Å². The molecule has 17 heavy (non-hydrogen) atoms. The number of likely N-dealkylation sites (N-methyl/N-ethyl adjacent to an activating group) is 1. The second-order valence-corrected chi connectivity index (χ2v) is 3.88. The number of methoxy groups -OCH3 is 1. The van der Waals surface area contributed by atoms with Crippen LogP contribution in [0.25, 0.3) is 10.9 Å². The van der Waals surface area contributed by atoms with Crippen LogP contribution in [0.1, 0.15) is 17.9 Å². The minimum atomic E-state index is -2.56. The van der Waals surface area contributed by atoms with Gasteiger partial charge in [0.25, 0.3) is 0 Å². The maximum atomic E-state index is 8.39. The highest BCUT2D eigenvalue weighted by atomic mass is 16.5. The van der Waals surface area contributed by atoms with Gasteiger partial charge in [0.15, 0.2) is 0 Å². The molecule has 0 aliphatic carbocycles. The first-order valence-corrected chi connectivity index (χ1v) is 5.19. The molecule has 0 saturated heterocycles. The molecule has 0 bridgehead atoms. The van der Waals surface area contributed by atoms with Crippen LogP contribution in [0, 0.1) is 0 Å². The Bertz CT molecular complexity index is 749. The normalized spacial score (nSPS) is 25.4. The number of hydrogen-bond donors (Lipinski definition) is 0. The van der Waals surface area contributed by atoms with Crippen LogP contribution in [0.2, 0.25) is 0 Å². The first kappa shape index (κ1) is 5.44. The third-order valence-electron chi connectivity index (χ3n) is 2.66. The lowest BCUT2D eigenvalue weighted by atomic mass is 10.2. The van der Waals surface area contributed by atoms with Crippen molar-refractivity contribution < 1.29 is 15.7 Å². The molecule has 0 fully saturated rings. The first-order chi connectivity index (χ1) is 11.2. The Morgan fingerprint density at radius 1 is 1.59 bits per heavy atom. The lowest BCUT2D eigenvalue weighted by Crippen LogP contribution is -2.28. The van der Waals surface area contributed by atoms with E-state index in [1.165, 1.54) is 30.7 Å². The third kappa shape index (κ3) is 2.44. The molecule has 2 atom stereocenters. The van der Waals surface area contributed by atoms with Crippen LogP contribution in [0.15, 0.2) is 30.5 Å². The molecule has 0 N–H and O–H groups in total. The molecule has 0 amide bonds. The Balaban J connectivity index is 2.38. The Labute approximate surface area is 114 Å². The molecule has 3 heteroatoms. The van der Waals surface area contributed by atoms with E-state index in [-0.39, 0.29) is 5.75 Å². The summed E-state index contributed by atoms with van der Waals surface area (Å²) in [6, 6.07) is 4.52. The molecule has 2 rings (SSSR count). The summed E-state index contributed by atoms with van der Waals surface area (Å²) in [5.41, 5.74) is 0.579. The monoisotopic (exact) mass is 240 g/mol. The number of benzene rings is 1. The Morgan fingerprint density at radius 2 is 2.47 bits per heavy atom. The molecule has 0 aliphatic rings. The van der Waals surface area contributed by atoms with E-state index in [4.69, 9.17) is 15.7 Å². The highest BCUT2D eigenvalue weighted by molar-refractivity contribution is 5.81. The summed E-state index contributed by atoms with van der Waals surface area (Å²) in [5, 5.41) is 0.631. The zero-order valence-corrected chi connectivity index (χ0v) is 9.77. The predicted molar refractivity (Wildman–Crippen MR) is 71.6 cm³/mol. The number of hydrogen-bond acceptors (Lipinski definition) is 2. The molecule has 1 aromatic heterocycles. The van der Waals surface area contributed by atoms with E-state index >= 15 is 0 Å². The second kappa shape index (κ2) is 4.80. The van der Waals surface area contributed by atoms with Crippen molar-refractivity contribution in [1.29, 1.82) is 0 Å². The number of nitrogens with zero attached hydrogens (tertiary/aromatic N) is 2. The van der Waals surface area contributed by atoms with Crippen LogP contribution < -0.4 is 4.74 Å². The minimum Gasteiger partial charge on any atom is -0.497 e. The van der Waals surface area contributed by atoms with Gasteiger partial charge in [0, 0.05) is 35.1 Å². The highest BCUT2D eigenvalue weighted by Gasteiger charge is 2.08. The van der Waals surface area contributed by atoms with E-state index < -0.39 is 26.6 Å². The van der Waals surface area contributed by atoms with Crippen molar-refractivity contribution in [2.75, 3.05) is 21.1 Å². The standard InChI is InChI=1S/C14H20N2O/c1-11(15(2)3)10-16-8-7-12-9-13(17-4)5-6-14(12)16/h5-9,11H,10H2,1-4H3/t11-/m1/s1/i2D3,4D3,10D,11D/t10?,11-. The topological polar surface area (TPSA) is 17.4 Å². The average molecular weight is 240 g/mol. The summed E-state index contributed by atoms with van der Waals surface area (Å²) in [7, 11) is -1.27. The van der Waals surface area contributed by atoms with E-state index in [0.717, 1.165) is 4.90 Å². The second-order valence-electron chi connectivity index (χ2n) is 3.88. The summed E-state index contributed by atoms with van der Waals surface area (Å²) in [6.07, 6.45) is 1.57. The largest absolute Gasteiger partial charge is 0.497 e. The van der Waals surface area contributed by atoms with E-state index in [9.17, 15) is 0 Å². The Morgan fingerprint density at radius 3 is 3.24 bits per heavy atom. The summed E-state index contributed by atoms with van der Waals surface area (Å²) >= 11 is 0. The molecule has 1 unspecified atom stereocenters. The highest BCUT2D eigenvalue weighted by Crippen LogP contribution is 2.22. The van der Waals surface area contributed by atoms with Crippen LogP contribution in [-0.4, -0.2) is 36.5 Å². The number of fused-ring (bicyclic) bond motifs is 1. The first-order valence-electron chi connectivity index (χ1n) is 9.27. The molecule has 2 aromatic rings. The average Bonchev–Trinajstić information content (AvgIpc) is 2.85. The fraction of sp³-hybridized carbons (Fsp3) is 0.429. The van der Waals surface area contributed by atoms with E-state index in [1.54, 1.807) is 18.3 Å². The smallest absolute Gasteiger partial charge is 0.119 e. The predicted octanol–water partition coefficient (Wildman–Crippen LogP) is 2.60. The van der Waals surface area contributed by atoms with E-state index in [0.29, 0.717) is 10.9 Å². The molecule has 3 nitrogen and oxygen atoms in total. The molecule has 0 aliphatic heterocycles. The van der Waals surface area contributed by atoms with Gasteiger partial charge in [-0.3, -0.25) is 0 Å². The number of aromatic nitrogens is 1. The van der Waals surface area contributed by atoms with Gasteiger partial charge < -0.3 is 14.2 Å². The van der Waals surface area contributed by atoms with Gasteiger partial charge in [-0.25, -0.2) is 0 Å². The van der Waals surface area contributed by atoms with Crippen LogP contribution in [0.5, 0.6) is 5.75 Å². The van der Waals surface area contributed by atoms with Gasteiger partial charge in [-0.1, -0.05) is 0 Å². The molecular formula is C14H20N2O. The van der Waals surface area contributed by atoms with Gasteiger partial charge in [-0.05, 0) is 45.2 Å². The van der Waals surface area contributed by atoms with Gasteiger partial charge in [0.05, 0.1) is 12.5 Å². The lowest BCUT2D eigenvalue weighted by molar-refractivity contribution is 0.286. The van der Waals surface area contributed by atoms with Crippen molar-refractivity contribution in [1.82, 2.24) is 9.47 Å². The summed E-state index contributed by atoms with van der Waals surface area (Å²) in [5.74, 6) is 0.167. The van der Waals surface area contributed by atoms with Crippen LogP contribution in [-0.2, 0) is 6.52 Å². The summed E-state index contributed by atoms with van der Waals surface area (Å²) in [6.45, 7) is -2.35. The van der Waals surface area contributed by atoms with Crippen molar-refractivity contribution in [3.05, 3.63) is 30.5 Å². The number of ether oxygens (including phenoxy) is 1. The zero-order valence-electron chi connectivity index (χ0n) is 17.8. The van der Waals surface area contributed by atoms with Crippen molar-refractivity contribution in [3.8, 4) is 5.75 Å². The molecule has 1 aromatic carbocycles. The maximum Gasteiger partial charge on any atom is 0.119 e. The lowest BCUT2D eigenvalue weighted by Gasteiger charge is -2.20. The molecule has 0 radical (unpaired) electrons. The van der Waals surface area contributed by atoms with Crippen molar-refractivity contribution >= 4 is 10.9 Å². The van der Waals surface area contributed by atoms with E-state index in [1.807, 2.05) is 0 Å². The van der Waals surface area contributed by atoms with Gasteiger partial charge in [-0.2, -0.15) is 0 Å². The molecule has 92 valence electrons. The van der Waals surface area contributed by atoms with Gasteiger partial charge >= 0.3 is 0 Å².